The molecule has 202 valence electrons. The molecule has 4 rings (SSSR count). The number of nitrogens with one attached hydrogen (secondary N) is 1. The molecule has 6 nitrogen and oxygen atoms in total. The molecule has 0 aromatic heterocycles. The first kappa shape index (κ1) is 28.1. The number of ether oxygens (including phenoxy) is 3. The van der Waals surface area contributed by atoms with Gasteiger partial charge in [-0.15, -0.1) is 0 Å². The molecule has 1 aliphatic carbocycles. The van der Waals surface area contributed by atoms with E-state index in [1.807, 2.05) is 56.3 Å². The van der Waals surface area contributed by atoms with E-state index in [2.05, 4.69) is 12.2 Å². The Labute approximate surface area is 233 Å². The summed E-state index contributed by atoms with van der Waals surface area (Å²) in [6.45, 7) is 6.66. The summed E-state index contributed by atoms with van der Waals surface area (Å²) in [6.07, 6.45) is 1.00. The van der Waals surface area contributed by atoms with Gasteiger partial charge in [0.2, 0.25) is 0 Å². The molecule has 2 aromatic carbocycles. The quantitative estimate of drug-likeness (QED) is 0.268. The maximum atomic E-state index is 13.8. The van der Waals surface area contributed by atoms with Crippen molar-refractivity contribution in [2.45, 2.75) is 45.4 Å². The number of dihydropyridines is 1. The number of carbonyl (C=O) groups excluding carboxylic acids is 2. The van der Waals surface area contributed by atoms with Crippen LogP contribution in [0.3, 0.4) is 0 Å². The fourth-order valence-corrected chi connectivity index (χ4v) is 5.78. The van der Waals surface area contributed by atoms with Gasteiger partial charge in [0.25, 0.3) is 0 Å². The second kappa shape index (κ2) is 12.8. The van der Waals surface area contributed by atoms with E-state index in [1.54, 1.807) is 18.9 Å². The highest BCUT2D eigenvalue weighted by atomic mass is 35.5. The van der Waals surface area contributed by atoms with Gasteiger partial charge in [-0.3, -0.25) is 4.79 Å². The Morgan fingerprint density at radius 2 is 1.82 bits per heavy atom. The molecule has 8 heteroatoms. The van der Waals surface area contributed by atoms with Crippen molar-refractivity contribution in [3.8, 4) is 11.5 Å². The molecule has 0 amide bonds. The number of allylic oxidation sites excluding steroid dienone is 3. The maximum absolute atomic E-state index is 13.8. The first-order valence-electron chi connectivity index (χ1n) is 12.9. The number of methoxy groups -OCH3 is 1. The first-order valence-corrected chi connectivity index (χ1v) is 14.5. The zero-order valence-electron chi connectivity index (χ0n) is 22.3. The van der Waals surface area contributed by atoms with E-state index in [0.29, 0.717) is 59.4 Å². The van der Waals surface area contributed by atoms with E-state index in [4.69, 9.17) is 25.8 Å². The zero-order chi connectivity index (χ0) is 27.2. The predicted octanol–water partition coefficient (Wildman–Crippen LogP) is 6.41. The van der Waals surface area contributed by atoms with Crippen LogP contribution in [-0.4, -0.2) is 43.6 Å². The number of hydrogen-bond donors (Lipinski definition) is 1. The van der Waals surface area contributed by atoms with Crippen LogP contribution in [0.4, 0.5) is 0 Å². The van der Waals surface area contributed by atoms with Crippen LogP contribution in [0.1, 0.15) is 56.6 Å². The highest BCUT2D eigenvalue weighted by molar-refractivity contribution is 7.99. The second-order valence-corrected chi connectivity index (χ2v) is 11.1. The number of carbonyl (C=O) groups is 2. The van der Waals surface area contributed by atoms with E-state index in [-0.39, 0.29) is 11.7 Å². The molecule has 38 heavy (non-hydrogen) atoms. The van der Waals surface area contributed by atoms with E-state index in [0.717, 1.165) is 28.3 Å². The number of hydrogen-bond acceptors (Lipinski definition) is 7. The minimum atomic E-state index is -0.569. The lowest BCUT2D eigenvalue weighted by Crippen LogP contribution is -2.36. The normalized spacial score (nSPS) is 19.1. The number of Topliss-reactive ketones (excluding diaryl/α,β-unsaturated/α-hetero) is 1. The number of rotatable bonds is 10. The lowest BCUT2D eigenvalue weighted by Gasteiger charge is -2.37. The van der Waals surface area contributed by atoms with Crippen LogP contribution in [0.15, 0.2) is 65.0 Å². The number of ketones is 1. The molecule has 1 N–H and O–H groups in total. The third-order valence-corrected chi connectivity index (χ3v) is 7.99. The van der Waals surface area contributed by atoms with Crippen molar-refractivity contribution < 1.29 is 23.8 Å². The molecule has 1 heterocycles. The molecule has 2 aromatic rings. The van der Waals surface area contributed by atoms with Gasteiger partial charge in [-0.05, 0) is 67.3 Å². The van der Waals surface area contributed by atoms with Crippen molar-refractivity contribution in [2.24, 2.45) is 0 Å². The van der Waals surface area contributed by atoms with Crippen LogP contribution in [0, 0.1) is 0 Å². The standard InChI is InChI=1S/C30H34ClNO5S/c1-5-36-25-12-9-20(17-26(25)35-4)28-27(30(34)37-13-14-38-6-2)18(3)32-23-15-21(16-24(33)29(23)28)19-7-10-22(31)11-8-19/h7-12,17,21,28,32H,5-6,13-16H2,1-4H3/t21-,28-/m0/s1. The summed E-state index contributed by atoms with van der Waals surface area (Å²) in [7, 11) is 1.58. The summed E-state index contributed by atoms with van der Waals surface area (Å²) in [4.78, 5) is 27.2. The van der Waals surface area contributed by atoms with Gasteiger partial charge in [0, 0.05) is 40.1 Å². The summed E-state index contributed by atoms with van der Waals surface area (Å²) >= 11 is 7.80. The van der Waals surface area contributed by atoms with Crippen LogP contribution >= 0.6 is 23.4 Å². The minimum absolute atomic E-state index is 0.0101. The Bertz CT molecular complexity index is 1250. The lowest BCUT2D eigenvalue weighted by molar-refractivity contribution is -0.138. The van der Waals surface area contributed by atoms with Gasteiger partial charge in [-0.2, -0.15) is 11.8 Å². The van der Waals surface area contributed by atoms with Crippen LogP contribution in [0.25, 0.3) is 0 Å². The van der Waals surface area contributed by atoms with Crippen molar-refractivity contribution in [1.29, 1.82) is 0 Å². The topological polar surface area (TPSA) is 73.9 Å². The molecule has 0 fully saturated rings. The average Bonchev–Trinajstić information content (AvgIpc) is 2.91. The molecule has 0 spiro atoms. The lowest BCUT2D eigenvalue weighted by atomic mass is 9.71. The highest BCUT2D eigenvalue weighted by Gasteiger charge is 2.41. The number of benzene rings is 2. The Morgan fingerprint density at radius 1 is 1.08 bits per heavy atom. The summed E-state index contributed by atoms with van der Waals surface area (Å²) in [6, 6.07) is 13.2. The van der Waals surface area contributed by atoms with Gasteiger partial charge in [0.05, 0.1) is 19.3 Å². The molecule has 0 radical (unpaired) electrons. The predicted molar refractivity (Wildman–Crippen MR) is 152 cm³/mol. The van der Waals surface area contributed by atoms with Crippen LogP contribution < -0.4 is 14.8 Å². The third kappa shape index (κ3) is 6.05. The molecule has 0 saturated carbocycles. The summed E-state index contributed by atoms with van der Waals surface area (Å²) in [5.41, 5.74) is 4.45. The summed E-state index contributed by atoms with van der Waals surface area (Å²) in [5.74, 6) is 1.89. The van der Waals surface area contributed by atoms with Crippen LogP contribution in [0.2, 0.25) is 5.02 Å². The molecular formula is C30H34ClNO5S. The van der Waals surface area contributed by atoms with Crippen LogP contribution in [0.5, 0.6) is 11.5 Å². The Kier molecular flexibility index (Phi) is 9.44. The third-order valence-electron chi connectivity index (χ3n) is 6.87. The summed E-state index contributed by atoms with van der Waals surface area (Å²) < 4.78 is 17.0. The smallest absolute Gasteiger partial charge is 0.336 e. The van der Waals surface area contributed by atoms with Crippen molar-refractivity contribution >= 4 is 35.1 Å². The second-order valence-electron chi connectivity index (χ2n) is 9.24. The van der Waals surface area contributed by atoms with Gasteiger partial charge >= 0.3 is 5.97 Å². The number of esters is 1. The molecule has 0 bridgehead atoms. The monoisotopic (exact) mass is 555 g/mol. The molecule has 1 aliphatic heterocycles. The average molecular weight is 556 g/mol. The molecule has 2 atom stereocenters. The summed E-state index contributed by atoms with van der Waals surface area (Å²) in [5, 5.41) is 4.07. The van der Waals surface area contributed by atoms with Gasteiger partial charge in [0.15, 0.2) is 17.3 Å². The zero-order valence-corrected chi connectivity index (χ0v) is 23.8. The molecule has 2 aliphatic rings. The fraction of sp³-hybridized carbons (Fsp3) is 0.400. The van der Waals surface area contributed by atoms with Crippen molar-refractivity contribution in [3.05, 3.63) is 81.2 Å². The number of thioether (sulfide) groups is 1. The first-order chi connectivity index (χ1) is 18.4. The van der Waals surface area contributed by atoms with E-state index >= 15 is 0 Å². The minimum Gasteiger partial charge on any atom is -0.493 e. The van der Waals surface area contributed by atoms with E-state index < -0.39 is 11.9 Å². The Morgan fingerprint density at radius 3 is 2.50 bits per heavy atom. The van der Waals surface area contributed by atoms with Gasteiger partial charge in [-0.25, -0.2) is 4.79 Å². The maximum Gasteiger partial charge on any atom is 0.336 e. The fourth-order valence-electron chi connectivity index (χ4n) is 5.17. The number of halogens is 1. The van der Waals surface area contributed by atoms with Crippen molar-refractivity contribution in [2.75, 3.05) is 31.8 Å². The molecule has 0 saturated heterocycles. The van der Waals surface area contributed by atoms with Gasteiger partial charge in [-0.1, -0.05) is 36.7 Å². The van der Waals surface area contributed by atoms with E-state index in [9.17, 15) is 9.59 Å². The van der Waals surface area contributed by atoms with Gasteiger partial charge in [0.1, 0.15) is 6.61 Å². The molecule has 0 unspecified atom stereocenters. The van der Waals surface area contributed by atoms with Crippen molar-refractivity contribution in [3.63, 3.8) is 0 Å². The highest BCUT2D eigenvalue weighted by Crippen LogP contribution is 2.47. The Hall–Kier alpha value is -2.90. The van der Waals surface area contributed by atoms with Crippen LogP contribution in [-0.2, 0) is 14.3 Å². The SMILES string of the molecule is CCOc1ccc([C@H]2C(C(=O)OCCSCC)=C(C)NC3=C2C(=O)C[C@@H](c2ccc(Cl)cc2)C3)cc1OC. The van der Waals surface area contributed by atoms with E-state index in [1.165, 1.54) is 0 Å². The Balaban J connectivity index is 1.75. The van der Waals surface area contributed by atoms with Crippen molar-refractivity contribution in [1.82, 2.24) is 5.32 Å². The van der Waals surface area contributed by atoms with Gasteiger partial charge < -0.3 is 19.5 Å². The molecular weight excluding hydrogens is 522 g/mol. The largest absolute Gasteiger partial charge is 0.493 e.